The van der Waals surface area contributed by atoms with Gasteiger partial charge in [0.15, 0.2) is 15.6 Å². The first kappa shape index (κ1) is 16.9. The molecule has 0 aromatic heterocycles. The van der Waals surface area contributed by atoms with Crippen molar-refractivity contribution in [3.63, 3.8) is 0 Å². The maximum Gasteiger partial charge on any atom is 0.177 e. The van der Waals surface area contributed by atoms with Crippen LogP contribution in [0.1, 0.15) is 44.6 Å². The predicted octanol–water partition coefficient (Wildman–Crippen LogP) is 3.70. The number of dihydropyridines is 1. The molecule has 0 saturated carbocycles. The summed E-state index contributed by atoms with van der Waals surface area (Å²) in [4.78, 5) is 13.6. The summed E-state index contributed by atoms with van der Waals surface area (Å²) in [6.45, 7) is 3.87. The Morgan fingerprint density at radius 3 is 2.48 bits per heavy atom. The summed E-state index contributed by atoms with van der Waals surface area (Å²) in [5.74, 6) is -0.384. The lowest BCUT2D eigenvalue weighted by Gasteiger charge is -2.38. The van der Waals surface area contributed by atoms with Gasteiger partial charge < -0.3 is 5.32 Å². The number of carbonyl (C=O) groups is 1. The van der Waals surface area contributed by atoms with E-state index >= 15 is 0 Å². The molecule has 0 bridgehead atoms. The molecule has 2 aliphatic heterocycles. The third kappa shape index (κ3) is 2.56. The Labute approximate surface area is 152 Å². The van der Waals surface area contributed by atoms with Crippen molar-refractivity contribution in [3.8, 4) is 0 Å². The Hall–Kier alpha value is -1.59. The van der Waals surface area contributed by atoms with Crippen molar-refractivity contribution in [2.75, 3.05) is 5.75 Å². The molecule has 1 N–H and O–H groups in total. The number of hydrogen-bond acceptors (Lipinski definition) is 4. The molecule has 0 spiro atoms. The Kier molecular flexibility index (Phi) is 3.68. The summed E-state index contributed by atoms with van der Waals surface area (Å²) in [5, 5.41) is 3.87. The first-order valence-electron chi connectivity index (χ1n) is 8.47. The van der Waals surface area contributed by atoms with Gasteiger partial charge in [-0.3, -0.25) is 4.79 Å². The first-order chi connectivity index (χ1) is 11.7. The lowest BCUT2D eigenvalue weighted by Crippen LogP contribution is -2.39. The summed E-state index contributed by atoms with van der Waals surface area (Å²) in [6, 6.07) is 7.16. The van der Waals surface area contributed by atoms with Gasteiger partial charge in [0.1, 0.15) is 0 Å². The monoisotopic (exact) mass is 377 g/mol. The molecule has 2 heterocycles. The SMILES string of the molecule is CC1(C)CCC2=C(C1=O)C(c1ccc(Cl)cc1)C1=C(CCS1(=O)=O)N2. The minimum Gasteiger partial charge on any atom is -0.361 e. The molecule has 4 nitrogen and oxygen atoms in total. The smallest absolute Gasteiger partial charge is 0.177 e. The molecule has 1 atom stereocenters. The first-order valence-corrected chi connectivity index (χ1v) is 10.5. The topological polar surface area (TPSA) is 63.2 Å². The fourth-order valence-corrected chi connectivity index (χ4v) is 6.00. The molecule has 0 amide bonds. The number of Topliss-reactive ketones (excluding diaryl/α,β-unsaturated/α-hetero) is 1. The van der Waals surface area contributed by atoms with E-state index in [0.717, 1.165) is 29.8 Å². The number of nitrogens with one attached hydrogen (secondary N) is 1. The predicted molar refractivity (Wildman–Crippen MR) is 97.8 cm³/mol. The number of ketones is 1. The van der Waals surface area contributed by atoms with Crippen LogP contribution in [0.25, 0.3) is 0 Å². The lowest BCUT2D eigenvalue weighted by atomic mass is 9.69. The Morgan fingerprint density at radius 2 is 1.80 bits per heavy atom. The molecule has 0 fully saturated rings. The van der Waals surface area contributed by atoms with Gasteiger partial charge in [0, 0.05) is 33.8 Å². The zero-order valence-corrected chi connectivity index (χ0v) is 15.8. The molecule has 25 heavy (non-hydrogen) atoms. The van der Waals surface area contributed by atoms with Crippen molar-refractivity contribution in [3.05, 3.63) is 56.7 Å². The van der Waals surface area contributed by atoms with E-state index in [1.807, 2.05) is 26.0 Å². The highest BCUT2D eigenvalue weighted by molar-refractivity contribution is 7.95. The summed E-state index contributed by atoms with van der Waals surface area (Å²) in [6.07, 6.45) is 2.01. The summed E-state index contributed by atoms with van der Waals surface area (Å²) >= 11 is 6.01. The molecule has 6 heteroatoms. The van der Waals surface area contributed by atoms with Crippen LogP contribution in [0.5, 0.6) is 0 Å². The number of carbonyl (C=O) groups excluding carboxylic acids is 1. The molecule has 4 rings (SSSR count). The van der Waals surface area contributed by atoms with Crippen molar-refractivity contribution in [2.45, 2.75) is 39.0 Å². The zero-order chi connectivity index (χ0) is 18.0. The summed E-state index contributed by atoms with van der Waals surface area (Å²) < 4.78 is 25.5. The molecule has 1 unspecified atom stereocenters. The number of rotatable bonds is 1. The minimum atomic E-state index is -3.37. The van der Waals surface area contributed by atoms with Crippen molar-refractivity contribution < 1.29 is 13.2 Å². The van der Waals surface area contributed by atoms with Crippen molar-refractivity contribution in [1.29, 1.82) is 0 Å². The highest BCUT2D eigenvalue weighted by Gasteiger charge is 2.48. The van der Waals surface area contributed by atoms with E-state index in [0.29, 0.717) is 21.9 Å². The van der Waals surface area contributed by atoms with Crippen LogP contribution >= 0.6 is 11.6 Å². The lowest BCUT2D eigenvalue weighted by molar-refractivity contribution is -0.124. The maximum atomic E-state index is 13.2. The summed E-state index contributed by atoms with van der Waals surface area (Å²) in [5.41, 5.74) is 2.59. The second-order valence-corrected chi connectivity index (χ2v) is 10.1. The van der Waals surface area contributed by atoms with Gasteiger partial charge in [-0.2, -0.15) is 0 Å². The van der Waals surface area contributed by atoms with E-state index in [1.54, 1.807) is 12.1 Å². The van der Waals surface area contributed by atoms with Crippen LogP contribution in [0.4, 0.5) is 0 Å². The van der Waals surface area contributed by atoms with Gasteiger partial charge in [-0.15, -0.1) is 0 Å². The highest BCUT2D eigenvalue weighted by Crippen LogP contribution is 2.50. The molecular weight excluding hydrogens is 358 g/mol. The minimum absolute atomic E-state index is 0.0369. The average Bonchev–Trinajstić information content (AvgIpc) is 2.86. The quantitative estimate of drug-likeness (QED) is 0.810. The van der Waals surface area contributed by atoms with E-state index in [-0.39, 0.29) is 11.5 Å². The van der Waals surface area contributed by atoms with Gasteiger partial charge >= 0.3 is 0 Å². The number of allylic oxidation sites excluding steroid dienone is 4. The normalized spacial score (nSPS) is 27.0. The highest BCUT2D eigenvalue weighted by atomic mass is 35.5. The van der Waals surface area contributed by atoms with E-state index in [1.165, 1.54) is 0 Å². The van der Waals surface area contributed by atoms with Crippen LogP contribution in [-0.2, 0) is 14.6 Å². The van der Waals surface area contributed by atoms with Gasteiger partial charge in [0.2, 0.25) is 0 Å². The van der Waals surface area contributed by atoms with E-state index in [9.17, 15) is 13.2 Å². The molecule has 1 aliphatic carbocycles. The number of benzene rings is 1. The molecule has 3 aliphatic rings. The van der Waals surface area contributed by atoms with Crippen LogP contribution in [0.2, 0.25) is 5.02 Å². The fraction of sp³-hybridized carbons (Fsp3) is 0.421. The molecule has 132 valence electrons. The fourth-order valence-electron chi connectivity index (χ4n) is 4.04. The van der Waals surface area contributed by atoms with Gasteiger partial charge in [0.25, 0.3) is 0 Å². The van der Waals surface area contributed by atoms with Gasteiger partial charge in [-0.25, -0.2) is 8.42 Å². The Morgan fingerprint density at radius 1 is 1.12 bits per heavy atom. The second-order valence-electron chi connectivity index (χ2n) is 7.63. The summed E-state index contributed by atoms with van der Waals surface area (Å²) in [7, 11) is -3.37. The zero-order valence-electron chi connectivity index (χ0n) is 14.2. The largest absolute Gasteiger partial charge is 0.361 e. The van der Waals surface area contributed by atoms with Crippen LogP contribution in [0, 0.1) is 5.41 Å². The van der Waals surface area contributed by atoms with E-state index in [2.05, 4.69) is 5.32 Å². The number of sulfone groups is 1. The van der Waals surface area contributed by atoms with Crippen LogP contribution in [-0.4, -0.2) is 20.0 Å². The van der Waals surface area contributed by atoms with Crippen LogP contribution in [0.15, 0.2) is 46.1 Å². The van der Waals surface area contributed by atoms with E-state index in [4.69, 9.17) is 11.6 Å². The number of halogens is 1. The molecule has 0 radical (unpaired) electrons. The third-order valence-corrected chi connectivity index (χ3v) is 7.64. The van der Waals surface area contributed by atoms with Gasteiger partial charge in [-0.05, 0) is 30.5 Å². The average molecular weight is 378 g/mol. The van der Waals surface area contributed by atoms with Crippen molar-refractivity contribution >= 4 is 27.2 Å². The second kappa shape index (κ2) is 5.45. The van der Waals surface area contributed by atoms with Crippen LogP contribution < -0.4 is 5.32 Å². The number of hydrogen-bond donors (Lipinski definition) is 1. The maximum absolute atomic E-state index is 13.2. The van der Waals surface area contributed by atoms with E-state index < -0.39 is 21.2 Å². The van der Waals surface area contributed by atoms with Crippen LogP contribution in [0.3, 0.4) is 0 Å². The molecule has 1 aromatic rings. The molecule has 1 aromatic carbocycles. The standard InChI is InChI=1S/C19H20ClNO3S/c1-19(2)9-7-13-16(18(19)22)15(11-3-5-12(20)6-4-11)17-14(21-13)8-10-25(17,23)24/h3-6,15,21H,7-10H2,1-2H3. The Balaban J connectivity index is 1.95. The third-order valence-electron chi connectivity index (χ3n) is 5.49. The van der Waals surface area contributed by atoms with Crippen molar-refractivity contribution in [1.82, 2.24) is 5.32 Å². The molecular formula is C19H20ClNO3S. The van der Waals surface area contributed by atoms with Gasteiger partial charge in [-0.1, -0.05) is 37.6 Å². The van der Waals surface area contributed by atoms with Crippen molar-refractivity contribution in [2.24, 2.45) is 5.41 Å². The van der Waals surface area contributed by atoms with Gasteiger partial charge in [0.05, 0.1) is 16.6 Å². The molecule has 0 saturated heterocycles. The Bertz CT molecular complexity index is 939.